The summed E-state index contributed by atoms with van der Waals surface area (Å²) in [7, 11) is 0. The molecular formula is C15H23ClN2O. The molecule has 19 heavy (non-hydrogen) atoms. The second-order valence-electron chi connectivity index (χ2n) is 5.72. The van der Waals surface area contributed by atoms with E-state index in [1.165, 1.54) is 5.56 Å². The third-order valence-corrected chi connectivity index (χ3v) is 3.73. The van der Waals surface area contributed by atoms with Gasteiger partial charge in [0.25, 0.3) is 0 Å². The smallest absolute Gasteiger partial charge is 0.231 e. The quantitative estimate of drug-likeness (QED) is 0.894. The minimum absolute atomic E-state index is 0. The normalized spacial score (nSPS) is 22.1. The summed E-state index contributed by atoms with van der Waals surface area (Å²) >= 11 is 0. The van der Waals surface area contributed by atoms with Crippen molar-refractivity contribution in [3.8, 4) is 0 Å². The van der Waals surface area contributed by atoms with Crippen molar-refractivity contribution < 1.29 is 4.79 Å². The molecule has 1 aromatic carbocycles. The SMILES string of the molecule is CC(C)c1cccc(NC(=O)C2(C)CCNC2)c1.Cl. The van der Waals surface area contributed by atoms with Crippen molar-refractivity contribution in [3.63, 3.8) is 0 Å². The highest BCUT2D eigenvalue weighted by molar-refractivity contribution is 5.95. The molecule has 0 bridgehead atoms. The molecule has 4 heteroatoms. The Bertz CT molecular complexity index is 440. The van der Waals surface area contributed by atoms with Crippen LogP contribution < -0.4 is 10.6 Å². The van der Waals surface area contributed by atoms with Crippen molar-refractivity contribution >= 4 is 24.0 Å². The van der Waals surface area contributed by atoms with E-state index in [0.29, 0.717) is 5.92 Å². The molecule has 0 saturated carbocycles. The van der Waals surface area contributed by atoms with E-state index in [1.807, 2.05) is 19.1 Å². The zero-order valence-electron chi connectivity index (χ0n) is 11.8. The topological polar surface area (TPSA) is 41.1 Å². The molecule has 1 atom stereocenters. The first kappa shape index (κ1) is 16.0. The number of hydrogen-bond acceptors (Lipinski definition) is 2. The van der Waals surface area contributed by atoms with Gasteiger partial charge in [-0.1, -0.05) is 26.0 Å². The van der Waals surface area contributed by atoms with Crippen LogP contribution in [0.4, 0.5) is 5.69 Å². The van der Waals surface area contributed by atoms with Crippen LogP contribution in [0, 0.1) is 5.41 Å². The van der Waals surface area contributed by atoms with Gasteiger partial charge in [-0.15, -0.1) is 12.4 Å². The van der Waals surface area contributed by atoms with Crippen molar-refractivity contribution in [2.75, 3.05) is 18.4 Å². The number of benzene rings is 1. The molecule has 1 amide bonds. The molecule has 1 saturated heterocycles. The summed E-state index contributed by atoms with van der Waals surface area (Å²) in [6, 6.07) is 8.11. The summed E-state index contributed by atoms with van der Waals surface area (Å²) in [5.41, 5.74) is 1.88. The van der Waals surface area contributed by atoms with Crippen LogP contribution in [0.3, 0.4) is 0 Å². The van der Waals surface area contributed by atoms with Crippen LogP contribution in [0.1, 0.15) is 38.7 Å². The van der Waals surface area contributed by atoms with Crippen LogP contribution in [0.2, 0.25) is 0 Å². The molecule has 2 N–H and O–H groups in total. The molecule has 0 radical (unpaired) electrons. The van der Waals surface area contributed by atoms with Crippen molar-refractivity contribution in [1.82, 2.24) is 5.32 Å². The van der Waals surface area contributed by atoms with Gasteiger partial charge in [-0.05, 0) is 43.5 Å². The number of carbonyl (C=O) groups is 1. The lowest BCUT2D eigenvalue weighted by molar-refractivity contribution is -0.123. The number of hydrogen-bond donors (Lipinski definition) is 2. The van der Waals surface area contributed by atoms with Crippen molar-refractivity contribution in [2.24, 2.45) is 5.41 Å². The maximum Gasteiger partial charge on any atom is 0.231 e. The van der Waals surface area contributed by atoms with E-state index in [9.17, 15) is 4.79 Å². The molecule has 0 aromatic heterocycles. The van der Waals surface area contributed by atoms with Crippen LogP contribution in [0.25, 0.3) is 0 Å². The monoisotopic (exact) mass is 282 g/mol. The van der Waals surface area contributed by atoms with Gasteiger partial charge in [0, 0.05) is 12.2 Å². The molecule has 1 aliphatic heterocycles. The van der Waals surface area contributed by atoms with Gasteiger partial charge in [0.15, 0.2) is 0 Å². The molecule has 106 valence electrons. The lowest BCUT2D eigenvalue weighted by Gasteiger charge is -2.21. The predicted octanol–water partition coefficient (Wildman–Crippen LogP) is 3.17. The fourth-order valence-corrected chi connectivity index (χ4v) is 2.27. The predicted molar refractivity (Wildman–Crippen MR) is 82.0 cm³/mol. The standard InChI is InChI=1S/C15H22N2O.ClH/c1-11(2)12-5-4-6-13(9-12)17-14(18)15(3)7-8-16-10-15;/h4-6,9,11,16H,7-8,10H2,1-3H3,(H,17,18);1H. The molecular weight excluding hydrogens is 260 g/mol. The van der Waals surface area contributed by atoms with Crippen molar-refractivity contribution in [1.29, 1.82) is 0 Å². The maximum absolute atomic E-state index is 12.3. The minimum Gasteiger partial charge on any atom is -0.326 e. The minimum atomic E-state index is -0.270. The number of carbonyl (C=O) groups excluding carboxylic acids is 1. The lowest BCUT2D eigenvalue weighted by atomic mass is 9.88. The van der Waals surface area contributed by atoms with Crippen molar-refractivity contribution in [3.05, 3.63) is 29.8 Å². The Labute approximate surface area is 121 Å². The van der Waals surface area contributed by atoms with Gasteiger partial charge in [-0.3, -0.25) is 4.79 Å². The first-order valence-electron chi connectivity index (χ1n) is 6.63. The van der Waals surface area contributed by atoms with Gasteiger partial charge in [0.1, 0.15) is 0 Å². The molecule has 1 heterocycles. The summed E-state index contributed by atoms with van der Waals surface area (Å²) in [6.45, 7) is 8.03. The van der Waals surface area contributed by atoms with Crippen LogP contribution in [-0.2, 0) is 4.79 Å². The third kappa shape index (κ3) is 3.71. The molecule has 3 nitrogen and oxygen atoms in total. The third-order valence-electron chi connectivity index (χ3n) is 3.73. The summed E-state index contributed by atoms with van der Waals surface area (Å²) in [4.78, 5) is 12.3. The summed E-state index contributed by atoms with van der Waals surface area (Å²) in [5.74, 6) is 0.596. The second kappa shape index (κ2) is 6.40. The Hall–Kier alpha value is -1.06. The van der Waals surface area contributed by atoms with Gasteiger partial charge >= 0.3 is 0 Å². The Morgan fingerprint density at radius 2 is 2.16 bits per heavy atom. The van der Waals surface area contributed by atoms with Crippen LogP contribution >= 0.6 is 12.4 Å². The van der Waals surface area contributed by atoms with Crippen LogP contribution in [0.5, 0.6) is 0 Å². The van der Waals surface area contributed by atoms with Gasteiger partial charge in [0.05, 0.1) is 5.41 Å². The Kier molecular flexibility index (Phi) is 5.39. The zero-order valence-corrected chi connectivity index (χ0v) is 12.6. The van der Waals surface area contributed by atoms with Gasteiger partial charge < -0.3 is 10.6 Å². The number of nitrogens with one attached hydrogen (secondary N) is 2. The molecule has 0 aliphatic carbocycles. The van der Waals surface area contributed by atoms with Gasteiger partial charge in [-0.25, -0.2) is 0 Å². The zero-order chi connectivity index (χ0) is 13.2. The number of rotatable bonds is 3. The van der Waals surface area contributed by atoms with E-state index in [-0.39, 0.29) is 23.7 Å². The van der Waals surface area contributed by atoms with Gasteiger partial charge in [-0.2, -0.15) is 0 Å². The first-order chi connectivity index (χ1) is 8.51. The molecule has 2 rings (SSSR count). The average molecular weight is 283 g/mol. The first-order valence-corrected chi connectivity index (χ1v) is 6.63. The number of anilines is 1. The van der Waals surface area contributed by atoms with E-state index >= 15 is 0 Å². The molecule has 0 spiro atoms. The van der Waals surface area contributed by atoms with E-state index < -0.39 is 0 Å². The lowest BCUT2D eigenvalue weighted by Crippen LogP contribution is -2.35. The second-order valence-corrected chi connectivity index (χ2v) is 5.72. The van der Waals surface area contributed by atoms with E-state index in [1.54, 1.807) is 0 Å². The van der Waals surface area contributed by atoms with Crippen molar-refractivity contribution in [2.45, 2.75) is 33.1 Å². The summed E-state index contributed by atoms with van der Waals surface area (Å²) < 4.78 is 0. The number of amides is 1. The fourth-order valence-electron chi connectivity index (χ4n) is 2.27. The average Bonchev–Trinajstić information content (AvgIpc) is 2.78. The molecule has 1 fully saturated rings. The van der Waals surface area contributed by atoms with Crippen LogP contribution in [-0.4, -0.2) is 19.0 Å². The molecule has 1 unspecified atom stereocenters. The highest BCUT2D eigenvalue weighted by atomic mass is 35.5. The maximum atomic E-state index is 12.3. The highest BCUT2D eigenvalue weighted by Gasteiger charge is 2.36. The van der Waals surface area contributed by atoms with Gasteiger partial charge in [0.2, 0.25) is 5.91 Å². The summed E-state index contributed by atoms with van der Waals surface area (Å²) in [5, 5.41) is 6.29. The van der Waals surface area contributed by atoms with E-state index in [0.717, 1.165) is 25.2 Å². The van der Waals surface area contributed by atoms with E-state index in [4.69, 9.17) is 0 Å². The Balaban J connectivity index is 0.00000180. The Morgan fingerprint density at radius 1 is 1.42 bits per heavy atom. The highest BCUT2D eigenvalue weighted by Crippen LogP contribution is 2.27. The van der Waals surface area contributed by atoms with E-state index in [2.05, 4.69) is 36.6 Å². The number of halogens is 1. The summed E-state index contributed by atoms with van der Waals surface area (Å²) in [6.07, 6.45) is 0.905. The largest absolute Gasteiger partial charge is 0.326 e. The molecule has 1 aromatic rings. The molecule has 1 aliphatic rings. The Morgan fingerprint density at radius 3 is 2.74 bits per heavy atom. The fraction of sp³-hybridized carbons (Fsp3) is 0.533. The van der Waals surface area contributed by atoms with Crippen LogP contribution in [0.15, 0.2) is 24.3 Å².